The van der Waals surface area contributed by atoms with Crippen LogP contribution in [0.1, 0.15) is 58.0 Å². The zero-order valence-electron chi connectivity index (χ0n) is 24.0. The number of unbranched alkanes of at least 4 members (excludes halogenated alkanes) is 1. The number of carboxylic acid groups (broad SMARTS) is 1. The van der Waals surface area contributed by atoms with Crippen molar-refractivity contribution in [3.8, 4) is 11.1 Å². The van der Waals surface area contributed by atoms with Crippen LogP contribution in [0.5, 0.6) is 0 Å². The molecule has 1 heterocycles. The molecule has 0 radical (unpaired) electrons. The molecule has 0 aliphatic carbocycles. The molecule has 1 aromatic heterocycles. The van der Waals surface area contributed by atoms with Gasteiger partial charge in [0.15, 0.2) is 0 Å². The van der Waals surface area contributed by atoms with Gasteiger partial charge in [0.1, 0.15) is 0 Å². The van der Waals surface area contributed by atoms with Gasteiger partial charge in [-0.25, -0.2) is 0 Å². The molecule has 0 atom stereocenters. The second-order valence-electron chi connectivity index (χ2n) is 10.2. The van der Waals surface area contributed by atoms with Crippen molar-refractivity contribution in [2.24, 2.45) is 0 Å². The van der Waals surface area contributed by atoms with Crippen LogP contribution in [0, 0.1) is 0 Å². The van der Waals surface area contributed by atoms with Gasteiger partial charge in [-0.2, -0.15) is 0 Å². The van der Waals surface area contributed by atoms with Crippen LogP contribution in [-0.4, -0.2) is 57.3 Å². The number of nitrogens with zero attached hydrogens (tertiary/aromatic N) is 3. The molecule has 0 saturated carbocycles. The van der Waals surface area contributed by atoms with Gasteiger partial charge in [0.25, 0.3) is 11.8 Å². The summed E-state index contributed by atoms with van der Waals surface area (Å²) < 4.78 is 0. The molecule has 42 heavy (non-hydrogen) atoms. The van der Waals surface area contributed by atoms with E-state index < -0.39 is 5.97 Å². The summed E-state index contributed by atoms with van der Waals surface area (Å²) in [6.45, 7) is 3.63. The summed E-state index contributed by atoms with van der Waals surface area (Å²) in [5.74, 6) is -1.33. The van der Waals surface area contributed by atoms with E-state index in [1.54, 1.807) is 29.4 Å². The van der Waals surface area contributed by atoms with Crippen molar-refractivity contribution in [2.45, 2.75) is 39.2 Å². The minimum absolute atomic E-state index is 0.0746. The van der Waals surface area contributed by atoms with Crippen molar-refractivity contribution in [1.82, 2.24) is 14.8 Å². The van der Waals surface area contributed by atoms with Crippen LogP contribution in [-0.2, 0) is 17.8 Å². The Labute approximate surface area is 247 Å². The maximum Gasteiger partial charge on any atom is 0.305 e. The third kappa shape index (κ3) is 8.13. The number of aromatic nitrogens is 1. The van der Waals surface area contributed by atoms with E-state index in [0.717, 1.165) is 24.0 Å². The number of benzene rings is 3. The highest BCUT2D eigenvalue weighted by atomic mass is 16.4. The third-order valence-electron chi connectivity index (χ3n) is 7.17. The van der Waals surface area contributed by atoms with Crippen molar-refractivity contribution in [2.75, 3.05) is 19.6 Å². The van der Waals surface area contributed by atoms with E-state index in [2.05, 4.69) is 11.9 Å². The predicted molar refractivity (Wildman–Crippen MR) is 164 cm³/mol. The molecule has 3 aromatic carbocycles. The Morgan fingerprint density at radius 2 is 1.29 bits per heavy atom. The Hall–Kier alpha value is -4.78. The predicted octanol–water partition coefficient (Wildman–Crippen LogP) is 6.35. The zero-order valence-corrected chi connectivity index (χ0v) is 24.0. The SMILES string of the molecule is CCCCN(Cc1ccccc1)C(=O)c1ccccc1-c1ccccc1C(=O)N(CCC(=O)O)CCc1cccnc1. The van der Waals surface area contributed by atoms with E-state index in [9.17, 15) is 19.5 Å². The first-order chi connectivity index (χ1) is 20.5. The van der Waals surface area contributed by atoms with Gasteiger partial charge in [-0.15, -0.1) is 0 Å². The standard InChI is InChI=1S/C35H37N3O4/c1-2-3-22-38(26-28-12-5-4-6-13-28)35(42)32-18-10-8-16-30(32)29-15-7-9-17-31(29)34(41)37(24-20-33(39)40)23-19-27-14-11-21-36-25-27/h4-18,21,25H,2-3,19-20,22-24,26H2,1H3,(H,39,40). The van der Waals surface area contributed by atoms with Crippen LogP contribution in [0.2, 0.25) is 0 Å². The highest BCUT2D eigenvalue weighted by Gasteiger charge is 2.24. The fourth-order valence-electron chi connectivity index (χ4n) is 4.91. The molecule has 4 aromatic rings. The molecule has 0 bridgehead atoms. The van der Waals surface area contributed by atoms with Gasteiger partial charge in [-0.05, 0) is 53.3 Å². The fourth-order valence-corrected chi connectivity index (χ4v) is 4.91. The second kappa shape index (κ2) is 15.3. The first-order valence-corrected chi connectivity index (χ1v) is 14.4. The number of pyridine rings is 1. The lowest BCUT2D eigenvalue weighted by atomic mass is 9.93. The molecule has 0 spiro atoms. The van der Waals surface area contributed by atoms with Crippen LogP contribution in [0.25, 0.3) is 11.1 Å². The number of rotatable bonds is 14. The van der Waals surface area contributed by atoms with Gasteiger partial charge in [-0.3, -0.25) is 19.4 Å². The molecule has 0 fully saturated rings. The minimum atomic E-state index is -0.969. The minimum Gasteiger partial charge on any atom is -0.481 e. The lowest BCUT2D eigenvalue weighted by molar-refractivity contribution is -0.137. The summed E-state index contributed by atoms with van der Waals surface area (Å²) in [6.07, 6.45) is 5.66. The van der Waals surface area contributed by atoms with Crippen molar-refractivity contribution >= 4 is 17.8 Å². The zero-order chi connectivity index (χ0) is 29.7. The number of hydrogen-bond acceptors (Lipinski definition) is 4. The van der Waals surface area contributed by atoms with Crippen LogP contribution >= 0.6 is 0 Å². The van der Waals surface area contributed by atoms with Crippen molar-refractivity contribution in [1.29, 1.82) is 0 Å². The monoisotopic (exact) mass is 563 g/mol. The largest absolute Gasteiger partial charge is 0.481 e. The van der Waals surface area contributed by atoms with Gasteiger partial charge >= 0.3 is 5.97 Å². The average Bonchev–Trinajstić information content (AvgIpc) is 3.03. The van der Waals surface area contributed by atoms with Gasteiger partial charge in [0.2, 0.25) is 0 Å². The number of amides is 2. The molecule has 0 aliphatic heterocycles. The molecule has 7 heteroatoms. The first-order valence-electron chi connectivity index (χ1n) is 14.4. The van der Waals surface area contributed by atoms with E-state index in [0.29, 0.717) is 48.3 Å². The maximum absolute atomic E-state index is 14.1. The van der Waals surface area contributed by atoms with Crippen molar-refractivity contribution in [3.63, 3.8) is 0 Å². The fraction of sp³-hybridized carbons (Fsp3) is 0.257. The Morgan fingerprint density at radius 1 is 0.690 bits per heavy atom. The summed E-state index contributed by atoms with van der Waals surface area (Å²) in [4.78, 5) is 47.1. The molecule has 0 saturated heterocycles. The number of carbonyl (C=O) groups is 3. The van der Waals surface area contributed by atoms with E-state index in [-0.39, 0.29) is 24.8 Å². The molecular formula is C35H37N3O4. The van der Waals surface area contributed by atoms with Crippen LogP contribution in [0.15, 0.2) is 103 Å². The van der Waals surface area contributed by atoms with Gasteiger partial charge in [-0.1, -0.05) is 86.1 Å². The molecular weight excluding hydrogens is 526 g/mol. The Bertz CT molecular complexity index is 1470. The van der Waals surface area contributed by atoms with Gasteiger partial charge < -0.3 is 14.9 Å². The molecule has 7 nitrogen and oxygen atoms in total. The van der Waals surface area contributed by atoms with Crippen molar-refractivity contribution in [3.05, 3.63) is 126 Å². The summed E-state index contributed by atoms with van der Waals surface area (Å²) in [7, 11) is 0. The number of carboxylic acids is 1. The molecule has 216 valence electrons. The smallest absolute Gasteiger partial charge is 0.305 e. The Morgan fingerprint density at radius 3 is 1.88 bits per heavy atom. The quantitative estimate of drug-likeness (QED) is 0.193. The summed E-state index contributed by atoms with van der Waals surface area (Å²) in [5.41, 5.74) is 4.28. The normalized spacial score (nSPS) is 10.7. The summed E-state index contributed by atoms with van der Waals surface area (Å²) in [5, 5.41) is 9.36. The number of carbonyl (C=O) groups excluding carboxylic acids is 2. The van der Waals surface area contributed by atoms with Crippen LogP contribution < -0.4 is 0 Å². The van der Waals surface area contributed by atoms with Crippen molar-refractivity contribution < 1.29 is 19.5 Å². The first kappa shape index (κ1) is 30.2. The summed E-state index contributed by atoms with van der Waals surface area (Å²) in [6, 6.07) is 28.3. The van der Waals surface area contributed by atoms with E-state index in [4.69, 9.17) is 0 Å². The Balaban J connectivity index is 1.67. The van der Waals surface area contributed by atoms with Gasteiger partial charge in [0.05, 0.1) is 6.42 Å². The molecule has 1 N–H and O–H groups in total. The van der Waals surface area contributed by atoms with E-state index >= 15 is 0 Å². The number of hydrogen-bond donors (Lipinski definition) is 1. The highest BCUT2D eigenvalue weighted by Crippen LogP contribution is 2.30. The number of aliphatic carboxylic acids is 1. The van der Waals surface area contributed by atoms with E-state index in [1.165, 1.54) is 0 Å². The van der Waals surface area contributed by atoms with Crippen LogP contribution in [0.4, 0.5) is 0 Å². The highest BCUT2D eigenvalue weighted by molar-refractivity contribution is 6.06. The molecule has 4 rings (SSSR count). The van der Waals surface area contributed by atoms with Crippen LogP contribution in [0.3, 0.4) is 0 Å². The average molecular weight is 564 g/mol. The molecule has 0 unspecified atom stereocenters. The molecule has 0 aliphatic rings. The Kier molecular flexibility index (Phi) is 11.0. The van der Waals surface area contributed by atoms with Gasteiger partial charge in [0, 0.05) is 49.7 Å². The summed E-state index contributed by atoms with van der Waals surface area (Å²) >= 11 is 0. The molecule has 2 amide bonds. The second-order valence-corrected chi connectivity index (χ2v) is 10.2. The lowest BCUT2D eigenvalue weighted by Gasteiger charge is -2.26. The van der Waals surface area contributed by atoms with E-state index in [1.807, 2.05) is 83.8 Å². The topological polar surface area (TPSA) is 90.8 Å². The maximum atomic E-state index is 14.1. The lowest BCUT2D eigenvalue weighted by Crippen LogP contribution is -2.35. The third-order valence-corrected chi connectivity index (χ3v) is 7.17.